The molecule has 10 nitrogen and oxygen atoms in total. The third kappa shape index (κ3) is 5.77. The number of aryl methyl sites for hydroxylation is 1. The van der Waals surface area contributed by atoms with E-state index in [4.69, 9.17) is 9.47 Å². The molecule has 0 spiro atoms. The Balaban J connectivity index is 1.48. The third-order valence-electron chi connectivity index (χ3n) is 7.08. The number of amides is 1. The lowest BCUT2D eigenvalue weighted by Crippen LogP contribution is -2.39. The number of carboxylic acid groups (broad SMARTS) is 1. The highest BCUT2D eigenvalue weighted by molar-refractivity contribution is 5.71. The maximum absolute atomic E-state index is 15.3. The van der Waals surface area contributed by atoms with E-state index in [2.05, 4.69) is 22.7 Å². The van der Waals surface area contributed by atoms with Crippen molar-refractivity contribution in [1.82, 2.24) is 25.9 Å². The van der Waals surface area contributed by atoms with Gasteiger partial charge < -0.3 is 19.9 Å². The first-order chi connectivity index (χ1) is 16.6. The van der Waals surface area contributed by atoms with Crippen molar-refractivity contribution in [2.24, 2.45) is 11.3 Å². The van der Waals surface area contributed by atoms with E-state index in [0.29, 0.717) is 42.3 Å². The number of hydrogen-bond donors (Lipinski definition) is 3. The largest absolute Gasteiger partial charge is 0.488 e. The summed E-state index contributed by atoms with van der Waals surface area (Å²) in [6.07, 6.45) is 3.79. The van der Waals surface area contributed by atoms with Crippen LogP contribution in [-0.2, 0) is 9.53 Å². The van der Waals surface area contributed by atoms with Crippen LogP contribution in [0.4, 0.5) is 9.18 Å². The Morgan fingerprint density at radius 2 is 2.09 bits per heavy atom. The van der Waals surface area contributed by atoms with Crippen LogP contribution in [0.15, 0.2) is 11.8 Å². The second kappa shape index (κ2) is 9.88. The van der Waals surface area contributed by atoms with Crippen LogP contribution in [0.3, 0.4) is 0 Å². The van der Waals surface area contributed by atoms with Crippen LogP contribution in [0.25, 0.3) is 5.70 Å². The van der Waals surface area contributed by atoms with E-state index in [-0.39, 0.29) is 23.8 Å². The quantitative estimate of drug-likeness (QED) is 0.504. The molecule has 3 N–H and O–H groups in total. The predicted molar refractivity (Wildman–Crippen MR) is 125 cm³/mol. The lowest BCUT2D eigenvalue weighted by molar-refractivity contribution is -0.143. The van der Waals surface area contributed by atoms with Gasteiger partial charge in [-0.15, -0.1) is 5.12 Å². The Morgan fingerprint density at radius 1 is 1.34 bits per heavy atom. The summed E-state index contributed by atoms with van der Waals surface area (Å²) in [5.41, 5.74) is 4.83. The summed E-state index contributed by atoms with van der Waals surface area (Å²) >= 11 is 0. The number of aromatic nitrogens is 1. The molecule has 0 unspecified atom stereocenters. The predicted octanol–water partition coefficient (Wildman–Crippen LogP) is 3.04. The number of likely N-dealkylation sites (N-methyl/N-ethyl adjacent to an activating group) is 1. The molecule has 11 heteroatoms. The van der Waals surface area contributed by atoms with Crippen LogP contribution in [0.5, 0.6) is 5.75 Å². The molecule has 4 rings (SSSR count). The van der Waals surface area contributed by atoms with Gasteiger partial charge >= 0.3 is 12.1 Å². The van der Waals surface area contributed by atoms with E-state index in [0.717, 1.165) is 25.7 Å². The van der Waals surface area contributed by atoms with E-state index in [9.17, 15) is 14.7 Å². The summed E-state index contributed by atoms with van der Waals surface area (Å²) < 4.78 is 26.6. The fraction of sp³-hybridized carbons (Fsp3) is 0.625. The molecule has 1 amide bonds. The number of rotatable bonds is 8. The molecule has 35 heavy (non-hydrogen) atoms. The molecule has 3 aliphatic rings. The molecule has 2 aliphatic carbocycles. The highest BCUT2D eigenvalue weighted by Gasteiger charge is 2.38. The van der Waals surface area contributed by atoms with Gasteiger partial charge in [0.05, 0.1) is 36.6 Å². The fourth-order valence-electron chi connectivity index (χ4n) is 4.36. The Morgan fingerprint density at radius 3 is 2.77 bits per heavy atom. The zero-order valence-electron chi connectivity index (χ0n) is 20.7. The normalized spacial score (nSPS) is 23.6. The first kappa shape index (κ1) is 25.0. The average molecular weight is 492 g/mol. The van der Waals surface area contributed by atoms with Crippen molar-refractivity contribution in [2.45, 2.75) is 58.5 Å². The molecule has 2 fully saturated rings. The van der Waals surface area contributed by atoms with Crippen molar-refractivity contribution in [1.29, 1.82) is 0 Å². The smallest absolute Gasteiger partial charge is 0.407 e. The van der Waals surface area contributed by atoms with Crippen LogP contribution in [0.2, 0.25) is 0 Å². The number of hydrogen-bond acceptors (Lipinski definition) is 8. The van der Waals surface area contributed by atoms with Crippen LogP contribution in [0.1, 0.15) is 56.8 Å². The lowest BCUT2D eigenvalue weighted by Gasteiger charge is -2.27. The molecular formula is C24H34FN5O5. The van der Waals surface area contributed by atoms with Crippen molar-refractivity contribution < 1.29 is 28.6 Å². The molecule has 1 aromatic heterocycles. The molecule has 1 aliphatic heterocycles. The second-order valence-corrected chi connectivity index (χ2v) is 10.1. The Bertz CT molecular complexity index is 1030. The zero-order chi connectivity index (χ0) is 25.3. The van der Waals surface area contributed by atoms with Crippen molar-refractivity contribution in [3.05, 3.63) is 29.0 Å². The van der Waals surface area contributed by atoms with Gasteiger partial charge in [0.2, 0.25) is 0 Å². The minimum atomic E-state index is -0.825. The topological polar surface area (TPSA) is 116 Å². The lowest BCUT2D eigenvalue weighted by atomic mass is 9.87. The van der Waals surface area contributed by atoms with E-state index >= 15 is 4.39 Å². The molecule has 0 saturated heterocycles. The SMILES string of the molecule is Cc1nc(C2=C(CNC(=O)OCC3(C)CC3)N(C)N(C)N2)c(F)cc1O[C@H]1CCC[C@H](C(=O)O)C1. The summed E-state index contributed by atoms with van der Waals surface area (Å²) in [7, 11) is 3.56. The van der Waals surface area contributed by atoms with Gasteiger partial charge in [-0.2, -0.15) is 0 Å². The number of nitrogens with one attached hydrogen (secondary N) is 2. The third-order valence-corrected chi connectivity index (χ3v) is 7.08. The Hall–Kier alpha value is -3.08. The van der Waals surface area contributed by atoms with Crippen molar-refractivity contribution in [3.63, 3.8) is 0 Å². The molecule has 2 heterocycles. The number of carbonyl (C=O) groups excluding carboxylic acids is 1. The minimum Gasteiger partial charge on any atom is -0.488 e. The van der Waals surface area contributed by atoms with Crippen LogP contribution >= 0.6 is 0 Å². The molecule has 0 radical (unpaired) electrons. The van der Waals surface area contributed by atoms with Crippen molar-refractivity contribution in [3.8, 4) is 5.75 Å². The van der Waals surface area contributed by atoms with E-state index in [1.54, 1.807) is 31.1 Å². The van der Waals surface area contributed by atoms with Gasteiger partial charge in [0.15, 0.2) is 5.82 Å². The van der Waals surface area contributed by atoms with E-state index < -0.39 is 23.8 Å². The highest BCUT2D eigenvalue weighted by Crippen LogP contribution is 2.45. The Labute approximate surface area is 204 Å². The molecule has 192 valence electrons. The molecule has 2 saturated carbocycles. The number of ether oxygens (including phenoxy) is 2. The second-order valence-electron chi connectivity index (χ2n) is 10.1. The fourth-order valence-corrected chi connectivity index (χ4v) is 4.36. The maximum Gasteiger partial charge on any atom is 0.407 e. The number of aliphatic carboxylic acids is 1. The monoisotopic (exact) mass is 491 g/mol. The standard InChI is InChI=1S/C24H34FN5O5/c1-14-19(35-16-7-5-6-15(10-16)22(31)32)11-17(25)20(27-14)21-18(29(3)30(4)28-21)12-26-23(33)34-13-24(2)8-9-24/h11,15-16,28H,5-10,12-13H2,1-4H3,(H,26,33)(H,31,32)/t15-,16-/m0/s1. The maximum atomic E-state index is 15.3. The number of alkyl carbamates (subject to hydrolysis) is 1. The van der Waals surface area contributed by atoms with Gasteiger partial charge in [-0.05, 0) is 45.4 Å². The van der Waals surface area contributed by atoms with Gasteiger partial charge in [0.25, 0.3) is 0 Å². The summed E-state index contributed by atoms with van der Waals surface area (Å²) in [5, 5.41) is 15.5. The average Bonchev–Trinajstić information content (AvgIpc) is 3.49. The van der Waals surface area contributed by atoms with Gasteiger partial charge in [-0.1, -0.05) is 6.92 Å². The van der Waals surface area contributed by atoms with Crippen LogP contribution in [0, 0.1) is 24.1 Å². The number of nitrogens with zero attached hydrogens (tertiary/aromatic N) is 3. The molecule has 0 bridgehead atoms. The van der Waals surface area contributed by atoms with E-state index in [1.165, 1.54) is 6.07 Å². The van der Waals surface area contributed by atoms with Gasteiger partial charge in [-0.3, -0.25) is 15.2 Å². The first-order valence-corrected chi connectivity index (χ1v) is 12.0. The number of carboxylic acids is 1. The molecular weight excluding hydrogens is 457 g/mol. The minimum absolute atomic E-state index is 0.0915. The number of pyridine rings is 1. The van der Waals surface area contributed by atoms with Gasteiger partial charge in [-0.25, -0.2) is 14.2 Å². The first-order valence-electron chi connectivity index (χ1n) is 12.0. The van der Waals surface area contributed by atoms with Crippen LogP contribution in [-0.4, -0.2) is 65.6 Å². The molecule has 1 aromatic rings. The van der Waals surface area contributed by atoms with E-state index in [1.807, 2.05) is 0 Å². The van der Waals surface area contributed by atoms with Crippen molar-refractivity contribution in [2.75, 3.05) is 27.2 Å². The zero-order valence-corrected chi connectivity index (χ0v) is 20.7. The number of halogens is 1. The summed E-state index contributed by atoms with van der Waals surface area (Å²) in [4.78, 5) is 28.0. The highest BCUT2D eigenvalue weighted by atomic mass is 19.1. The number of carbonyl (C=O) groups is 2. The summed E-state index contributed by atoms with van der Waals surface area (Å²) in [6, 6.07) is 1.30. The summed E-state index contributed by atoms with van der Waals surface area (Å²) in [6.45, 7) is 4.31. The molecule has 0 aromatic carbocycles. The van der Waals surface area contributed by atoms with Gasteiger partial charge in [0, 0.05) is 25.6 Å². The summed E-state index contributed by atoms with van der Waals surface area (Å²) in [5.74, 6) is -1.54. The number of hydrazine groups is 2. The molecule has 2 atom stereocenters. The van der Waals surface area contributed by atoms with Crippen LogP contribution < -0.4 is 15.5 Å². The van der Waals surface area contributed by atoms with Gasteiger partial charge in [0.1, 0.15) is 17.1 Å². The van der Waals surface area contributed by atoms with Crippen molar-refractivity contribution >= 4 is 17.8 Å². The Kier molecular flexibility index (Phi) is 7.07.